The largest absolute Gasteiger partial charge is 0.426 e. The number of carbonyl (C=O) groups is 1. The van der Waals surface area contributed by atoms with Crippen molar-refractivity contribution in [2.75, 3.05) is 11.5 Å². The fraction of sp³-hybridized carbons (Fsp3) is 0.0909. The topological polar surface area (TPSA) is 135 Å². The molecule has 0 atom stereocenters. The van der Waals surface area contributed by atoms with Crippen molar-refractivity contribution < 1.29 is 9.21 Å². The van der Waals surface area contributed by atoms with Crippen LogP contribution < -0.4 is 17.2 Å². The maximum Gasteiger partial charge on any atom is 0.426 e. The van der Waals surface area contributed by atoms with E-state index in [4.69, 9.17) is 15.9 Å². The summed E-state index contributed by atoms with van der Waals surface area (Å²) in [5.41, 5.74) is 12.1. The summed E-state index contributed by atoms with van der Waals surface area (Å²) >= 11 is 0. The number of benzene rings is 1. The van der Waals surface area contributed by atoms with Gasteiger partial charge in [0.25, 0.3) is 5.91 Å². The summed E-state index contributed by atoms with van der Waals surface area (Å²) in [6, 6.07) is 4.61. The third kappa shape index (κ3) is 1.90. The summed E-state index contributed by atoms with van der Waals surface area (Å²) < 4.78 is 7.12. The SMILES string of the molecule is Nc1ccc2oc(=O)n(C(=O)Cn3cc(N)nn3)c2c1. The van der Waals surface area contributed by atoms with E-state index in [1.54, 1.807) is 6.07 Å². The van der Waals surface area contributed by atoms with Crippen LogP contribution in [-0.2, 0) is 6.54 Å². The van der Waals surface area contributed by atoms with Crippen molar-refractivity contribution >= 4 is 28.5 Å². The number of hydrogen-bond donors (Lipinski definition) is 2. The Morgan fingerprint density at radius 2 is 2.15 bits per heavy atom. The molecule has 1 aromatic carbocycles. The molecule has 0 aliphatic carbocycles. The number of fused-ring (bicyclic) bond motifs is 1. The zero-order valence-corrected chi connectivity index (χ0v) is 10.2. The molecular weight excluding hydrogens is 264 g/mol. The van der Waals surface area contributed by atoms with Gasteiger partial charge in [-0.15, -0.1) is 5.10 Å². The molecule has 0 aliphatic heterocycles. The molecule has 20 heavy (non-hydrogen) atoms. The van der Waals surface area contributed by atoms with Crippen molar-refractivity contribution in [2.45, 2.75) is 6.54 Å². The molecule has 3 aromatic rings. The molecule has 9 nitrogen and oxygen atoms in total. The van der Waals surface area contributed by atoms with Crippen molar-refractivity contribution in [1.29, 1.82) is 0 Å². The maximum absolute atomic E-state index is 12.2. The van der Waals surface area contributed by atoms with Crippen molar-refractivity contribution in [3.63, 3.8) is 0 Å². The number of aromatic nitrogens is 4. The lowest BCUT2D eigenvalue weighted by atomic mass is 10.3. The molecule has 0 unspecified atom stereocenters. The molecule has 2 aromatic heterocycles. The van der Waals surface area contributed by atoms with Crippen molar-refractivity contribution in [3.8, 4) is 0 Å². The van der Waals surface area contributed by atoms with Crippen LogP contribution in [0.15, 0.2) is 33.6 Å². The fourth-order valence-corrected chi connectivity index (χ4v) is 1.87. The third-order valence-electron chi connectivity index (χ3n) is 2.71. The number of rotatable bonds is 2. The standard InChI is InChI=1S/C11H10N6O3/c12-6-1-2-8-7(3-6)17(11(19)20-8)10(18)5-16-4-9(13)14-15-16/h1-4H,5,12-13H2. The maximum atomic E-state index is 12.2. The molecule has 0 saturated heterocycles. The average Bonchev–Trinajstić information content (AvgIpc) is 2.91. The summed E-state index contributed by atoms with van der Waals surface area (Å²) in [6.07, 6.45) is 1.39. The fourth-order valence-electron chi connectivity index (χ4n) is 1.87. The number of anilines is 2. The number of hydrogen-bond acceptors (Lipinski definition) is 7. The minimum atomic E-state index is -0.774. The van der Waals surface area contributed by atoms with Crippen LogP contribution >= 0.6 is 0 Å². The van der Waals surface area contributed by atoms with Crippen molar-refractivity contribution in [1.82, 2.24) is 19.6 Å². The molecule has 0 spiro atoms. The van der Waals surface area contributed by atoms with Gasteiger partial charge in [-0.3, -0.25) is 4.79 Å². The first-order valence-electron chi connectivity index (χ1n) is 5.64. The minimum absolute atomic E-state index is 0.187. The van der Waals surface area contributed by atoms with E-state index in [2.05, 4.69) is 10.3 Å². The Hall–Kier alpha value is -3.10. The number of nitrogens with two attached hydrogens (primary N) is 2. The number of oxazole rings is 1. The summed E-state index contributed by atoms with van der Waals surface area (Å²) in [4.78, 5) is 23.9. The highest BCUT2D eigenvalue weighted by atomic mass is 16.4. The van der Waals surface area contributed by atoms with Crippen LogP contribution in [0.2, 0.25) is 0 Å². The molecule has 9 heteroatoms. The highest BCUT2D eigenvalue weighted by Crippen LogP contribution is 2.16. The van der Waals surface area contributed by atoms with Crippen LogP contribution in [0.1, 0.15) is 4.79 Å². The molecule has 0 saturated carbocycles. The summed E-state index contributed by atoms with van der Waals surface area (Å²) in [5, 5.41) is 7.20. The summed E-state index contributed by atoms with van der Waals surface area (Å²) in [7, 11) is 0. The normalized spacial score (nSPS) is 11.0. The van der Waals surface area contributed by atoms with Crippen LogP contribution in [0.25, 0.3) is 11.1 Å². The highest BCUT2D eigenvalue weighted by molar-refractivity contribution is 5.90. The van der Waals surface area contributed by atoms with Gasteiger partial charge in [0.05, 0.1) is 6.20 Å². The van der Waals surface area contributed by atoms with E-state index in [1.165, 1.54) is 23.0 Å². The lowest BCUT2D eigenvalue weighted by Crippen LogP contribution is -2.26. The van der Waals surface area contributed by atoms with Crippen LogP contribution in [0.3, 0.4) is 0 Å². The van der Waals surface area contributed by atoms with Gasteiger partial charge in [-0.2, -0.15) is 0 Å². The monoisotopic (exact) mass is 274 g/mol. The predicted molar refractivity (Wildman–Crippen MR) is 69.9 cm³/mol. The van der Waals surface area contributed by atoms with Gasteiger partial charge >= 0.3 is 5.76 Å². The first-order chi connectivity index (χ1) is 9.54. The molecule has 3 rings (SSSR count). The van der Waals surface area contributed by atoms with E-state index in [9.17, 15) is 9.59 Å². The quantitative estimate of drug-likeness (QED) is 0.612. The minimum Gasteiger partial charge on any atom is -0.407 e. The zero-order chi connectivity index (χ0) is 14.3. The molecule has 0 bridgehead atoms. The van der Waals surface area contributed by atoms with E-state index in [-0.39, 0.29) is 17.9 Å². The molecule has 102 valence electrons. The lowest BCUT2D eigenvalue weighted by molar-refractivity contribution is 0.0882. The Labute approximate surface area is 111 Å². The van der Waals surface area contributed by atoms with E-state index in [0.29, 0.717) is 11.2 Å². The molecule has 0 aliphatic rings. The number of nitrogen functional groups attached to an aromatic ring is 2. The molecular formula is C11H10N6O3. The first kappa shape index (κ1) is 12.0. The number of carbonyl (C=O) groups excluding carboxylic acids is 1. The Balaban J connectivity index is 2.05. The molecule has 0 amide bonds. The highest BCUT2D eigenvalue weighted by Gasteiger charge is 2.17. The second kappa shape index (κ2) is 4.23. The first-order valence-corrected chi connectivity index (χ1v) is 5.64. The summed E-state index contributed by atoms with van der Waals surface area (Å²) in [5.74, 6) is -1.11. The second-order valence-corrected chi connectivity index (χ2v) is 4.17. The van der Waals surface area contributed by atoms with Crippen LogP contribution in [0.4, 0.5) is 11.5 Å². The number of nitrogens with zero attached hydrogens (tertiary/aromatic N) is 4. The third-order valence-corrected chi connectivity index (χ3v) is 2.71. The van der Waals surface area contributed by atoms with Crippen molar-refractivity contribution in [3.05, 3.63) is 34.9 Å². The molecule has 0 fully saturated rings. The van der Waals surface area contributed by atoms with Gasteiger partial charge in [-0.1, -0.05) is 5.21 Å². The Kier molecular flexibility index (Phi) is 2.53. The average molecular weight is 274 g/mol. The van der Waals surface area contributed by atoms with Gasteiger partial charge in [0, 0.05) is 5.69 Å². The molecule has 0 radical (unpaired) electrons. The van der Waals surface area contributed by atoms with Gasteiger partial charge in [0.2, 0.25) is 0 Å². The van der Waals surface area contributed by atoms with Gasteiger partial charge in [-0.25, -0.2) is 14.0 Å². The Morgan fingerprint density at radius 3 is 2.85 bits per heavy atom. The van der Waals surface area contributed by atoms with Gasteiger partial charge in [-0.05, 0) is 18.2 Å². The second-order valence-electron chi connectivity index (χ2n) is 4.17. The van der Waals surface area contributed by atoms with E-state index in [1.807, 2.05) is 0 Å². The van der Waals surface area contributed by atoms with E-state index in [0.717, 1.165) is 4.57 Å². The zero-order valence-electron chi connectivity index (χ0n) is 10.2. The van der Waals surface area contributed by atoms with E-state index < -0.39 is 11.7 Å². The smallest absolute Gasteiger partial charge is 0.407 e. The van der Waals surface area contributed by atoms with Crippen molar-refractivity contribution in [2.24, 2.45) is 0 Å². The van der Waals surface area contributed by atoms with Gasteiger partial charge in [0.15, 0.2) is 11.4 Å². The molecule has 2 heterocycles. The van der Waals surface area contributed by atoms with Gasteiger partial charge < -0.3 is 15.9 Å². The van der Waals surface area contributed by atoms with Crippen LogP contribution in [-0.4, -0.2) is 25.5 Å². The van der Waals surface area contributed by atoms with Gasteiger partial charge in [0.1, 0.15) is 12.1 Å². The predicted octanol–water partition coefficient (Wildman–Crippen LogP) is -0.309. The Morgan fingerprint density at radius 1 is 1.35 bits per heavy atom. The summed E-state index contributed by atoms with van der Waals surface area (Å²) in [6.45, 7) is -0.187. The molecule has 4 N–H and O–H groups in total. The Bertz CT molecular complexity index is 859. The van der Waals surface area contributed by atoms with Crippen LogP contribution in [0.5, 0.6) is 0 Å². The lowest BCUT2D eigenvalue weighted by Gasteiger charge is -2.01. The van der Waals surface area contributed by atoms with Crippen LogP contribution in [0, 0.1) is 0 Å². The van der Waals surface area contributed by atoms with E-state index >= 15 is 0 Å².